The Morgan fingerprint density at radius 3 is 0.984 bits per heavy atom. The van der Waals surface area contributed by atoms with E-state index in [2.05, 4.69) is 9.97 Å². The van der Waals surface area contributed by atoms with Gasteiger partial charge in [-0.25, -0.2) is 0 Å². The molecule has 2 aromatic carbocycles. The normalized spacial score (nSPS) is 18.5. The van der Waals surface area contributed by atoms with E-state index in [-0.39, 0.29) is 49.7 Å². The molecule has 0 N–H and O–H groups in total. The van der Waals surface area contributed by atoms with Crippen molar-refractivity contribution in [3.05, 3.63) is 106 Å². The minimum atomic E-state index is -5.61. The first-order chi connectivity index (χ1) is 28.9. The molecular weight excluding hydrogens is 981 g/mol. The van der Waals surface area contributed by atoms with Crippen LogP contribution in [0.15, 0.2) is 60.9 Å². The predicted octanol–water partition coefficient (Wildman–Crippen LogP) is 13.9. The number of likely N-dealkylation sites (tertiary alicyclic amines) is 2. The number of benzene rings is 2. The Morgan fingerprint density at radius 2 is 0.762 bits per heavy atom. The standard InChI is InChI=1S/C38H28F18N4.2ClH.Fe/c39-33(40,41)21-11-25(35(45,46)47)31(26(12-21)36(48,49)50)19-5-7-23(57-15-19)17-59-9-1-3-29(59)30-4-2-10-60(30)18-24-8-6-20(16-58-24)32-27(37(51,52)53)13-22(34(42,43)44)14-28(32)38(54,55)56;;;/h5-8,11-16,29-30H,1-4,9-10,17-18H2;2*1H;/q;;;+2/p-2/t29-,30-;;;/m1.../s1. The van der Waals surface area contributed by atoms with Crippen LogP contribution in [0, 0.1) is 0 Å². The van der Waals surface area contributed by atoms with Crippen LogP contribution in [0.5, 0.6) is 0 Å². The Kier molecular flexibility index (Phi) is 15.0. The average Bonchev–Trinajstić information content (AvgIpc) is 3.81. The fourth-order valence-corrected chi connectivity index (χ4v) is 7.84. The van der Waals surface area contributed by atoms with Crippen LogP contribution in [0.4, 0.5) is 79.0 Å². The molecule has 0 unspecified atom stereocenters. The van der Waals surface area contributed by atoms with Crippen molar-refractivity contribution >= 4 is 20.2 Å². The van der Waals surface area contributed by atoms with Gasteiger partial charge in [-0.15, -0.1) is 0 Å². The average molecular weight is 1010 g/mol. The quantitative estimate of drug-likeness (QED) is 0.136. The maximum atomic E-state index is 13.9. The summed E-state index contributed by atoms with van der Waals surface area (Å²) in [6, 6.07) is 2.15. The molecule has 348 valence electrons. The Morgan fingerprint density at radius 1 is 0.476 bits per heavy atom. The second-order valence-electron chi connectivity index (χ2n) is 14.4. The first-order valence-corrected chi connectivity index (χ1v) is 21.0. The molecule has 4 nitrogen and oxygen atoms in total. The molecular formula is C38H28Cl2F18FeN4. The first-order valence-electron chi connectivity index (χ1n) is 18.0. The molecule has 0 spiro atoms. The van der Waals surface area contributed by atoms with Gasteiger partial charge in [0, 0.05) is 59.8 Å². The van der Waals surface area contributed by atoms with Crippen molar-refractivity contribution in [1.82, 2.24) is 19.8 Å². The van der Waals surface area contributed by atoms with Crippen LogP contribution in [-0.4, -0.2) is 44.9 Å². The van der Waals surface area contributed by atoms with Crippen LogP contribution >= 0.6 is 20.2 Å². The van der Waals surface area contributed by atoms with Gasteiger partial charge in [0.15, 0.2) is 0 Å². The molecule has 2 saturated heterocycles. The summed E-state index contributed by atoms with van der Waals surface area (Å²) in [5.41, 5.74) is -17.0. The van der Waals surface area contributed by atoms with Gasteiger partial charge in [0.25, 0.3) is 0 Å². The molecule has 0 saturated carbocycles. The number of halogens is 20. The molecule has 0 radical (unpaired) electrons. The van der Waals surface area contributed by atoms with E-state index >= 15 is 0 Å². The van der Waals surface area contributed by atoms with Crippen molar-refractivity contribution in [2.75, 3.05) is 13.1 Å². The van der Waals surface area contributed by atoms with Crippen LogP contribution in [-0.2, 0) is 63.3 Å². The summed E-state index contributed by atoms with van der Waals surface area (Å²) in [5.74, 6) is 0. The van der Waals surface area contributed by atoms with Crippen LogP contribution in [0.3, 0.4) is 0 Å². The molecule has 0 bridgehead atoms. The first kappa shape index (κ1) is 50.5. The second kappa shape index (κ2) is 18.8. The van der Waals surface area contributed by atoms with Gasteiger partial charge in [-0.3, -0.25) is 19.8 Å². The van der Waals surface area contributed by atoms with E-state index in [1.54, 1.807) is 0 Å². The van der Waals surface area contributed by atoms with Crippen molar-refractivity contribution < 1.29 is 92.2 Å². The van der Waals surface area contributed by atoms with Crippen LogP contribution < -0.4 is 0 Å². The number of pyridine rings is 2. The van der Waals surface area contributed by atoms with E-state index in [0.29, 0.717) is 51.2 Å². The number of hydrogen-bond acceptors (Lipinski definition) is 4. The van der Waals surface area contributed by atoms with E-state index in [1.165, 1.54) is 0 Å². The van der Waals surface area contributed by atoms with Gasteiger partial charge in [-0.2, -0.15) is 79.0 Å². The Hall–Kier alpha value is -3.50. The van der Waals surface area contributed by atoms with Gasteiger partial charge in [-0.05, 0) is 75.2 Å². The number of nitrogens with zero attached hydrogens (tertiary/aromatic N) is 4. The Bertz CT molecular complexity index is 1980. The van der Waals surface area contributed by atoms with Gasteiger partial charge < -0.3 is 0 Å². The van der Waals surface area contributed by atoms with Crippen molar-refractivity contribution in [2.24, 2.45) is 0 Å². The SMILES string of the molecule is FC(F)(F)c1cc(C(F)(F)F)c(-c2ccc(CN3CCC[C@@H]3[C@H]3CCCN3Cc3ccc(-c4c(C(F)(F)F)cc(C(F)(F)F)cc4C(F)(F)F)cn3)nc2)c(C(F)(F)F)c1.[Cl][Fe][Cl]. The zero-order valence-corrected chi connectivity index (χ0v) is 33.9. The number of alkyl halides is 18. The Labute approximate surface area is 360 Å². The van der Waals surface area contributed by atoms with Crippen LogP contribution in [0.25, 0.3) is 22.3 Å². The van der Waals surface area contributed by atoms with E-state index in [9.17, 15) is 79.0 Å². The molecule has 2 atom stereocenters. The van der Waals surface area contributed by atoms with Gasteiger partial charge in [-0.1, -0.05) is 12.1 Å². The van der Waals surface area contributed by atoms with Gasteiger partial charge >= 0.3 is 70.4 Å². The fourth-order valence-electron chi connectivity index (χ4n) is 7.84. The van der Waals surface area contributed by atoms with Gasteiger partial charge in [0.2, 0.25) is 0 Å². The molecule has 2 aliphatic rings. The minimum absolute atomic E-state index is 0.0592. The third kappa shape index (κ3) is 12.0. The summed E-state index contributed by atoms with van der Waals surface area (Å²) in [7, 11) is 9.53. The summed E-state index contributed by atoms with van der Waals surface area (Å²) in [6.45, 7) is 1.08. The molecule has 25 heteroatoms. The van der Waals surface area contributed by atoms with E-state index in [1.807, 2.05) is 9.80 Å². The van der Waals surface area contributed by atoms with Crippen LogP contribution in [0.2, 0.25) is 0 Å². The van der Waals surface area contributed by atoms with Gasteiger partial charge in [0.1, 0.15) is 0 Å². The summed E-state index contributed by atoms with van der Waals surface area (Å²) in [5, 5.41) is 0. The molecule has 4 aromatic rings. The molecule has 6 rings (SSSR count). The van der Waals surface area contributed by atoms with Crippen molar-refractivity contribution in [1.29, 1.82) is 0 Å². The van der Waals surface area contributed by atoms with E-state index in [4.69, 9.17) is 20.2 Å². The van der Waals surface area contributed by atoms with Crippen LogP contribution in [0.1, 0.15) is 70.5 Å². The maximum absolute atomic E-state index is 13.9. The number of hydrogen-bond donors (Lipinski definition) is 0. The van der Waals surface area contributed by atoms with Gasteiger partial charge in [0.05, 0.1) is 44.8 Å². The third-order valence-corrected chi connectivity index (χ3v) is 10.4. The summed E-state index contributed by atoms with van der Waals surface area (Å²) < 4.78 is 247. The number of aromatic nitrogens is 2. The third-order valence-electron chi connectivity index (χ3n) is 10.4. The molecule has 2 fully saturated rings. The van der Waals surface area contributed by atoms with E-state index in [0.717, 1.165) is 24.3 Å². The zero-order valence-electron chi connectivity index (χ0n) is 31.3. The van der Waals surface area contributed by atoms with Crippen molar-refractivity contribution in [3.8, 4) is 22.3 Å². The molecule has 2 aromatic heterocycles. The summed E-state index contributed by atoms with van der Waals surface area (Å²) >= 11 is 0.194. The Balaban J connectivity index is 0.00000242. The zero-order chi connectivity index (χ0) is 47.1. The second-order valence-corrected chi connectivity index (χ2v) is 16.2. The molecule has 0 aliphatic carbocycles. The molecule has 2 aliphatic heterocycles. The molecule has 0 amide bonds. The van der Waals surface area contributed by atoms with Crippen molar-refractivity contribution in [3.63, 3.8) is 0 Å². The van der Waals surface area contributed by atoms with E-state index < -0.39 is 117 Å². The molecule has 63 heavy (non-hydrogen) atoms. The fraction of sp³-hybridized carbons (Fsp3) is 0.421. The predicted molar refractivity (Wildman–Crippen MR) is 188 cm³/mol. The summed E-state index contributed by atoms with van der Waals surface area (Å²) in [6.07, 6.45) is -29.5. The summed E-state index contributed by atoms with van der Waals surface area (Å²) in [4.78, 5) is 12.0. The molecule has 4 heterocycles. The topological polar surface area (TPSA) is 32.3 Å². The van der Waals surface area contributed by atoms with Crippen molar-refractivity contribution in [2.45, 2.75) is 87.9 Å². The number of rotatable bonds is 7. The monoisotopic (exact) mass is 1010 g/mol.